The number of nitrogens with one attached hydrogen (secondary N) is 1. The highest BCUT2D eigenvalue weighted by Gasteiger charge is 2.24. The molecule has 1 N–H and O–H groups in total. The second-order valence-corrected chi connectivity index (χ2v) is 5.69. The topological polar surface area (TPSA) is 28.2 Å². The van der Waals surface area contributed by atoms with Crippen LogP contribution >= 0.6 is 11.3 Å². The van der Waals surface area contributed by atoms with Gasteiger partial charge in [-0.2, -0.15) is 0 Å². The average molecular weight is 225 g/mol. The van der Waals surface area contributed by atoms with Crippen LogP contribution in [0.4, 0.5) is 0 Å². The lowest BCUT2D eigenvalue weighted by atomic mass is 10.1. The molecule has 4 heteroatoms. The molecular weight excluding hydrogens is 206 g/mol. The van der Waals surface area contributed by atoms with E-state index in [1.165, 1.54) is 9.88 Å². The number of aryl methyl sites for hydroxylation is 1. The maximum Gasteiger partial charge on any atom is 0.0897 e. The molecule has 0 saturated carbocycles. The van der Waals surface area contributed by atoms with Crippen molar-refractivity contribution in [2.45, 2.75) is 39.4 Å². The Morgan fingerprint density at radius 1 is 1.47 bits per heavy atom. The predicted octanol–water partition coefficient (Wildman–Crippen LogP) is 1.63. The molecule has 2 atom stereocenters. The smallest absolute Gasteiger partial charge is 0.0897 e. The minimum absolute atomic E-state index is 0.621. The number of thiazole rings is 1. The number of nitrogens with zero attached hydrogens (tertiary/aromatic N) is 2. The van der Waals surface area contributed by atoms with E-state index in [-0.39, 0.29) is 0 Å². The minimum Gasteiger partial charge on any atom is -0.314 e. The summed E-state index contributed by atoms with van der Waals surface area (Å²) in [5, 5.41) is 4.62. The molecule has 0 bridgehead atoms. The molecule has 15 heavy (non-hydrogen) atoms. The van der Waals surface area contributed by atoms with Crippen LogP contribution in [-0.4, -0.2) is 35.1 Å². The predicted molar refractivity (Wildman–Crippen MR) is 64.2 cm³/mol. The van der Waals surface area contributed by atoms with Gasteiger partial charge in [-0.1, -0.05) is 0 Å². The molecule has 84 valence electrons. The van der Waals surface area contributed by atoms with Crippen molar-refractivity contribution in [1.29, 1.82) is 0 Å². The first-order valence-electron chi connectivity index (χ1n) is 5.54. The van der Waals surface area contributed by atoms with Gasteiger partial charge >= 0.3 is 0 Å². The van der Waals surface area contributed by atoms with E-state index >= 15 is 0 Å². The molecule has 1 saturated heterocycles. The maximum atomic E-state index is 4.31. The van der Waals surface area contributed by atoms with Crippen LogP contribution in [0.5, 0.6) is 0 Å². The zero-order chi connectivity index (χ0) is 10.8. The standard InChI is InChI=1S/C11H19N3S/c1-8-4-12-5-9(2)14(8)7-11-6-13-10(3)15-11/h6,8-9,12H,4-5,7H2,1-3H3/t8-,9+. The second-order valence-electron chi connectivity index (χ2n) is 4.37. The van der Waals surface area contributed by atoms with Gasteiger partial charge in [0, 0.05) is 42.8 Å². The lowest BCUT2D eigenvalue weighted by Crippen LogP contribution is -2.54. The van der Waals surface area contributed by atoms with Gasteiger partial charge in [0.05, 0.1) is 5.01 Å². The fraction of sp³-hybridized carbons (Fsp3) is 0.727. The van der Waals surface area contributed by atoms with Crippen molar-refractivity contribution in [3.8, 4) is 0 Å². The fourth-order valence-corrected chi connectivity index (χ4v) is 2.94. The van der Waals surface area contributed by atoms with Crippen LogP contribution in [0, 0.1) is 6.92 Å². The van der Waals surface area contributed by atoms with Crippen molar-refractivity contribution in [2.75, 3.05) is 13.1 Å². The molecule has 0 unspecified atom stereocenters. The SMILES string of the molecule is Cc1ncc(CN2[C@H](C)CNC[C@@H]2C)s1. The molecule has 1 fully saturated rings. The Hall–Kier alpha value is -0.450. The van der Waals surface area contributed by atoms with Crippen LogP contribution in [0.2, 0.25) is 0 Å². The van der Waals surface area contributed by atoms with Crippen molar-refractivity contribution in [3.05, 3.63) is 16.1 Å². The van der Waals surface area contributed by atoms with Gasteiger partial charge < -0.3 is 5.32 Å². The van der Waals surface area contributed by atoms with Crippen LogP contribution in [0.15, 0.2) is 6.20 Å². The lowest BCUT2D eigenvalue weighted by molar-refractivity contribution is 0.110. The molecule has 0 amide bonds. The Morgan fingerprint density at radius 2 is 2.13 bits per heavy atom. The van der Waals surface area contributed by atoms with Crippen molar-refractivity contribution >= 4 is 11.3 Å². The van der Waals surface area contributed by atoms with E-state index in [9.17, 15) is 0 Å². The number of piperazine rings is 1. The Labute approximate surface area is 95.5 Å². The minimum atomic E-state index is 0.621. The Kier molecular flexibility index (Phi) is 3.38. The summed E-state index contributed by atoms with van der Waals surface area (Å²) in [7, 11) is 0. The van der Waals surface area contributed by atoms with E-state index in [0.717, 1.165) is 19.6 Å². The van der Waals surface area contributed by atoms with Gasteiger partial charge in [0.2, 0.25) is 0 Å². The first kappa shape index (κ1) is 11.0. The van der Waals surface area contributed by atoms with Gasteiger partial charge in [0.25, 0.3) is 0 Å². The second kappa shape index (κ2) is 4.60. The molecule has 0 radical (unpaired) electrons. The molecule has 1 aliphatic heterocycles. The lowest BCUT2D eigenvalue weighted by Gasteiger charge is -2.39. The van der Waals surface area contributed by atoms with Crippen LogP contribution in [0.25, 0.3) is 0 Å². The van der Waals surface area contributed by atoms with Gasteiger partial charge in [-0.15, -0.1) is 11.3 Å². The zero-order valence-corrected chi connectivity index (χ0v) is 10.5. The molecule has 1 aliphatic rings. The van der Waals surface area contributed by atoms with Crippen LogP contribution in [0.1, 0.15) is 23.7 Å². The highest BCUT2D eigenvalue weighted by molar-refractivity contribution is 7.11. The number of aromatic nitrogens is 1. The molecule has 2 heterocycles. The summed E-state index contributed by atoms with van der Waals surface area (Å²) < 4.78 is 0. The average Bonchev–Trinajstić information content (AvgIpc) is 2.58. The van der Waals surface area contributed by atoms with Crippen molar-refractivity contribution in [3.63, 3.8) is 0 Å². The van der Waals surface area contributed by atoms with Crippen LogP contribution in [-0.2, 0) is 6.54 Å². The maximum absolute atomic E-state index is 4.31. The first-order chi connectivity index (χ1) is 7.16. The third-order valence-electron chi connectivity index (χ3n) is 3.02. The van der Waals surface area contributed by atoms with E-state index in [2.05, 4.69) is 36.0 Å². The van der Waals surface area contributed by atoms with Crippen molar-refractivity contribution in [2.24, 2.45) is 0 Å². The van der Waals surface area contributed by atoms with Gasteiger partial charge in [0.1, 0.15) is 0 Å². The number of rotatable bonds is 2. The summed E-state index contributed by atoms with van der Waals surface area (Å²) >= 11 is 1.81. The van der Waals surface area contributed by atoms with Gasteiger partial charge in [-0.05, 0) is 20.8 Å². The quantitative estimate of drug-likeness (QED) is 0.829. The van der Waals surface area contributed by atoms with Gasteiger partial charge in [0.15, 0.2) is 0 Å². The monoisotopic (exact) mass is 225 g/mol. The normalized spacial score (nSPS) is 28.2. The largest absolute Gasteiger partial charge is 0.314 e. The number of hydrogen-bond donors (Lipinski definition) is 1. The fourth-order valence-electron chi connectivity index (χ4n) is 2.14. The highest BCUT2D eigenvalue weighted by Crippen LogP contribution is 2.18. The van der Waals surface area contributed by atoms with E-state index in [1.54, 1.807) is 0 Å². The Morgan fingerprint density at radius 3 is 2.67 bits per heavy atom. The van der Waals surface area contributed by atoms with Crippen LogP contribution < -0.4 is 5.32 Å². The van der Waals surface area contributed by atoms with Crippen molar-refractivity contribution < 1.29 is 0 Å². The summed E-state index contributed by atoms with van der Waals surface area (Å²) in [5.41, 5.74) is 0. The van der Waals surface area contributed by atoms with Crippen LogP contribution in [0.3, 0.4) is 0 Å². The van der Waals surface area contributed by atoms with E-state index in [1.807, 2.05) is 17.5 Å². The van der Waals surface area contributed by atoms with Gasteiger partial charge in [-0.25, -0.2) is 4.98 Å². The number of hydrogen-bond acceptors (Lipinski definition) is 4. The molecule has 0 aliphatic carbocycles. The molecule has 2 rings (SSSR count). The molecular formula is C11H19N3S. The van der Waals surface area contributed by atoms with Crippen molar-refractivity contribution in [1.82, 2.24) is 15.2 Å². The first-order valence-corrected chi connectivity index (χ1v) is 6.36. The Balaban J connectivity index is 2.03. The summed E-state index contributed by atoms with van der Waals surface area (Å²) in [4.78, 5) is 8.25. The summed E-state index contributed by atoms with van der Waals surface area (Å²) in [6.45, 7) is 9.89. The summed E-state index contributed by atoms with van der Waals surface area (Å²) in [6, 6.07) is 1.24. The zero-order valence-electron chi connectivity index (χ0n) is 9.66. The van der Waals surface area contributed by atoms with E-state index < -0.39 is 0 Å². The molecule has 0 spiro atoms. The van der Waals surface area contributed by atoms with E-state index in [0.29, 0.717) is 12.1 Å². The third-order valence-corrected chi connectivity index (χ3v) is 3.92. The highest BCUT2D eigenvalue weighted by atomic mass is 32.1. The molecule has 1 aromatic heterocycles. The molecule has 3 nitrogen and oxygen atoms in total. The summed E-state index contributed by atoms with van der Waals surface area (Å²) in [5.74, 6) is 0. The van der Waals surface area contributed by atoms with Gasteiger partial charge in [-0.3, -0.25) is 4.90 Å². The molecule has 0 aromatic carbocycles. The van der Waals surface area contributed by atoms with E-state index in [4.69, 9.17) is 0 Å². The third kappa shape index (κ3) is 2.56. The molecule has 1 aromatic rings. The Bertz CT molecular complexity index is 313. The summed E-state index contributed by atoms with van der Waals surface area (Å²) in [6.07, 6.45) is 2.02.